The molecule has 0 bridgehead atoms. The quantitative estimate of drug-likeness (QED) is 0.805. The van der Waals surface area contributed by atoms with Gasteiger partial charge in [0.2, 0.25) is 15.9 Å². The Morgan fingerprint density at radius 1 is 1.14 bits per heavy atom. The molecule has 158 valence electrons. The van der Waals surface area contributed by atoms with Crippen molar-refractivity contribution in [2.24, 2.45) is 0 Å². The maximum Gasteiger partial charge on any atom is 0.227 e. The van der Waals surface area contributed by atoms with E-state index in [0.717, 1.165) is 29.3 Å². The molecule has 0 atom stereocenters. The fraction of sp³-hybridized carbons (Fsp3) is 0.571. The molecule has 4 rings (SSSR count). The molecule has 0 radical (unpaired) electrons. The van der Waals surface area contributed by atoms with Gasteiger partial charge in [0.15, 0.2) is 0 Å². The van der Waals surface area contributed by atoms with E-state index in [1.165, 1.54) is 6.26 Å². The summed E-state index contributed by atoms with van der Waals surface area (Å²) in [6.45, 7) is 2.42. The maximum absolute atomic E-state index is 12.8. The molecule has 2 aliphatic rings. The minimum absolute atomic E-state index is 0.0113. The molecule has 0 unspecified atom stereocenters. The van der Waals surface area contributed by atoms with Crippen molar-refractivity contribution >= 4 is 26.8 Å². The van der Waals surface area contributed by atoms with Gasteiger partial charge in [-0.25, -0.2) is 8.42 Å². The monoisotopic (exact) mass is 419 g/mol. The average molecular weight is 420 g/mol. The van der Waals surface area contributed by atoms with Gasteiger partial charge >= 0.3 is 0 Å². The third kappa shape index (κ3) is 4.49. The highest BCUT2D eigenvalue weighted by Gasteiger charge is 2.37. The van der Waals surface area contributed by atoms with Crippen molar-refractivity contribution < 1.29 is 17.9 Å². The number of H-pyrrole nitrogens is 1. The number of carbonyl (C=O) groups is 1. The highest BCUT2D eigenvalue weighted by atomic mass is 32.2. The Kier molecular flexibility index (Phi) is 5.94. The van der Waals surface area contributed by atoms with Crippen molar-refractivity contribution in [3.8, 4) is 0 Å². The van der Waals surface area contributed by atoms with Crippen molar-refractivity contribution in [1.82, 2.24) is 14.2 Å². The number of aromatic amines is 1. The molecule has 0 saturated carbocycles. The van der Waals surface area contributed by atoms with Crippen LogP contribution in [0.3, 0.4) is 0 Å². The van der Waals surface area contributed by atoms with Gasteiger partial charge in [-0.2, -0.15) is 4.31 Å². The van der Waals surface area contributed by atoms with Crippen molar-refractivity contribution in [2.45, 2.75) is 44.2 Å². The van der Waals surface area contributed by atoms with Gasteiger partial charge in [0, 0.05) is 55.5 Å². The molecular weight excluding hydrogens is 390 g/mol. The lowest BCUT2D eigenvalue weighted by molar-refractivity contribution is -0.131. The lowest BCUT2D eigenvalue weighted by Gasteiger charge is -2.42. The number of piperidine rings is 1. The Morgan fingerprint density at radius 3 is 2.48 bits per heavy atom. The fourth-order valence-electron chi connectivity index (χ4n) is 4.70. The number of amides is 1. The van der Waals surface area contributed by atoms with Crippen LogP contribution >= 0.6 is 0 Å². The number of para-hydroxylation sites is 1. The second kappa shape index (κ2) is 8.45. The summed E-state index contributed by atoms with van der Waals surface area (Å²) in [4.78, 5) is 17.9. The molecule has 8 heteroatoms. The van der Waals surface area contributed by atoms with Crippen LogP contribution in [0.15, 0.2) is 30.5 Å². The Labute approximate surface area is 172 Å². The largest absolute Gasteiger partial charge is 0.381 e. The number of hydrogen-bond donors (Lipinski definition) is 1. The molecule has 3 heterocycles. The molecule has 7 nitrogen and oxygen atoms in total. The molecule has 1 amide bonds. The van der Waals surface area contributed by atoms with E-state index < -0.39 is 10.0 Å². The van der Waals surface area contributed by atoms with Crippen LogP contribution in [-0.2, 0) is 26.0 Å². The lowest BCUT2D eigenvalue weighted by atomic mass is 10.0. The first-order chi connectivity index (χ1) is 13.9. The number of likely N-dealkylation sites (tertiary alicyclic amines) is 1. The first-order valence-corrected chi connectivity index (χ1v) is 12.2. The molecule has 1 aromatic carbocycles. The van der Waals surface area contributed by atoms with Crippen LogP contribution in [0.5, 0.6) is 0 Å². The SMILES string of the molecule is CS(=O)(=O)N(C1CCOCC1)C1CCN(C(=O)Cc2c[nH]c3ccccc23)CC1. The normalized spacial score (nSPS) is 19.9. The molecule has 2 saturated heterocycles. The van der Waals surface area contributed by atoms with E-state index in [2.05, 4.69) is 4.98 Å². The number of sulfonamides is 1. The Morgan fingerprint density at radius 2 is 1.79 bits per heavy atom. The van der Waals surface area contributed by atoms with E-state index in [1.54, 1.807) is 4.31 Å². The Hall–Kier alpha value is -1.90. The molecular formula is C21H29N3O4S. The minimum atomic E-state index is -3.30. The first-order valence-electron chi connectivity index (χ1n) is 10.3. The molecule has 1 N–H and O–H groups in total. The topological polar surface area (TPSA) is 82.7 Å². The van der Waals surface area contributed by atoms with Gasteiger partial charge in [-0.3, -0.25) is 4.79 Å². The summed E-state index contributed by atoms with van der Waals surface area (Å²) in [5, 5.41) is 1.08. The number of nitrogens with one attached hydrogen (secondary N) is 1. The van der Waals surface area contributed by atoms with E-state index in [1.807, 2.05) is 35.4 Å². The van der Waals surface area contributed by atoms with Crippen LogP contribution in [-0.4, -0.2) is 73.2 Å². The predicted molar refractivity (Wildman–Crippen MR) is 112 cm³/mol. The number of benzene rings is 1. The summed E-state index contributed by atoms with van der Waals surface area (Å²) in [7, 11) is -3.30. The zero-order chi connectivity index (χ0) is 20.4. The Balaban J connectivity index is 1.39. The van der Waals surface area contributed by atoms with Crippen LogP contribution in [0.4, 0.5) is 0 Å². The predicted octanol–water partition coefficient (Wildman–Crippen LogP) is 2.14. The zero-order valence-electron chi connectivity index (χ0n) is 16.8. The van der Waals surface area contributed by atoms with Crippen LogP contribution in [0.2, 0.25) is 0 Å². The third-order valence-corrected chi connectivity index (χ3v) is 7.49. The number of aromatic nitrogens is 1. The van der Waals surface area contributed by atoms with Gasteiger partial charge in [-0.15, -0.1) is 0 Å². The van der Waals surface area contributed by atoms with Crippen molar-refractivity contribution in [3.63, 3.8) is 0 Å². The summed E-state index contributed by atoms with van der Waals surface area (Å²) in [5.41, 5.74) is 2.04. The summed E-state index contributed by atoms with van der Waals surface area (Å²) < 4.78 is 32.1. The highest BCUT2D eigenvalue weighted by molar-refractivity contribution is 7.88. The lowest BCUT2D eigenvalue weighted by Crippen LogP contribution is -2.53. The molecule has 29 heavy (non-hydrogen) atoms. The fourth-order valence-corrected chi connectivity index (χ4v) is 6.21. The van der Waals surface area contributed by atoms with E-state index in [-0.39, 0.29) is 18.0 Å². The summed E-state index contributed by atoms with van der Waals surface area (Å²) >= 11 is 0. The van der Waals surface area contributed by atoms with Crippen LogP contribution in [0, 0.1) is 0 Å². The van der Waals surface area contributed by atoms with Crippen molar-refractivity contribution in [1.29, 1.82) is 0 Å². The van der Waals surface area contributed by atoms with Gasteiger partial charge in [0.05, 0.1) is 12.7 Å². The van der Waals surface area contributed by atoms with Gasteiger partial charge in [0.1, 0.15) is 0 Å². The summed E-state index contributed by atoms with van der Waals surface area (Å²) in [6.07, 6.45) is 6.43. The van der Waals surface area contributed by atoms with Gasteiger partial charge in [0.25, 0.3) is 0 Å². The number of fused-ring (bicyclic) bond motifs is 1. The number of nitrogens with zero attached hydrogens (tertiary/aromatic N) is 2. The number of hydrogen-bond acceptors (Lipinski definition) is 4. The minimum Gasteiger partial charge on any atom is -0.381 e. The second-order valence-corrected chi connectivity index (χ2v) is 9.97. The third-order valence-electron chi connectivity index (χ3n) is 6.13. The molecule has 0 aliphatic carbocycles. The first kappa shape index (κ1) is 20.4. The average Bonchev–Trinajstić information content (AvgIpc) is 3.11. The van der Waals surface area contributed by atoms with Crippen molar-refractivity contribution in [3.05, 3.63) is 36.0 Å². The molecule has 0 spiro atoms. The molecule has 2 fully saturated rings. The highest BCUT2D eigenvalue weighted by Crippen LogP contribution is 2.27. The van der Waals surface area contributed by atoms with Crippen LogP contribution in [0.1, 0.15) is 31.2 Å². The molecule has 2 aliphatic heterocycles. The van der Waals surface area contributed by atoms with Gasteiger partial charge in [-0.1, -0.05) is 18.2 Å². The molecule has 1 aromatic heterocycles. The maximum atomic E-state index is 12.8. The molecule has 2 aromatic rings. The zero-order valence-corrected chi connectivity index (χ0v) is 17.7. The van der Waals surface area contributed by atoms with Crippen molar-refractivity contribution in [2.75, 3.05) is 32.6 Å². The standard InChI is InChI=1S/C21H29N3O4S/c1-29(26,27)24(18-8-12-28-13-9-18)17-6-10-23(11-7-17)21(25)14-16-15-22-20-5-3-2-4-19(16)20/h2-5,15,17-18,22H,6-14H2,1H3. The number of carbonyl (C=O) groups excluding carboxylic acids is 1. The van der Waals surface area contributed by atoms with E-state index >= 15 is 0 Å². The van der Waals surface area contributed by atoms with E-state index in [4.69, 9.17) is 4.74 Å². The summed E-state index contributed by atoms with van der Waals surface area (Å²) in [6, 6.07) is 7.96. The van der Waals surface area contributed by atoms with Crippen LogP contribution in [0.25, 0.3) is 10.9 Å². The number of ether oxygens (including phenoxy) is 1. The summed E-state index contributed by atoms with van der Waals surface area (Å²) in [5.74, 6) is 0.102. The van der Waals surface area contributed by atoms with E-state index in [0.29, 0.717) is 45.6 Å². The van der Waals surface area contributed by atoms with Gasteiger partial charge in [-0.05, 0) is 37.3 Å². The second-order valence-electron chi connectivity index (χ2n) is 8.08. The number of rotatable bonds is 5. The van der Waals surface area contributed by atoms with E-state index in [9.17, 15) is 13.2 Å². The van der Waals surface area contributed by atoms with Gasteiger partial charge < -0.3 is 14.6 Å². The van der Waals surface area contributed by atoms with Crippen LogP contribution < -0.4 is 0 Å². The smallest absolute Gasteiger partial charge is 0.227 e. The Bertz CT molecular complexity index is 957.